The van der Waals surface area contributed by atoms with Gasteiger partial charge in [0.15, 0.2) is 6.61 Å². The van der Waals surface area contributed by atoms with Gasteiger partial charge in [0, 0.05) is 19.6 Å². The Bertz CT molecular complexity index is 649. The van der Waals surface area contributed by atoms with Gasteiger partial charge in [-0.2, -0.15) is 0 Å². The highest BCUT2D eigenvalue weighted by molar-refractivity contribution is 8.23. The van der Waals surface area contributed by atoms with Crippen LogP contribution >= 0.6 is 24.0 Å². The molecule has 1 saturated heterocycles. The number of hydrogen-bond acceptors (Lipinski definition) is 6. The maximum atomic E-state index is 11.7. The second kappa shape index (κ2) is 10.8. The summed E-state index contributed by atoms with van der Waals surface area (Å²) < 4.78 is 5.52. The molecule has 3 amide bonds. The Kier molecular flexibility index (Phi) is 8.36. The number of carbonyl (C=O) groups is 3. The summed E-state index contributed by atoms with van der Waals surface area (Å²) in [6.45, 7) is 1.63. The van der Waals surface area contributed by atoms with E-state index >= 15 is 0 Å². The number of hydrogen-bond donors (Lipinski definition) is 2. The summed E-state index contributed by atoms with van der Waals surface area (Å²) in [5, 5.41) is 4.66. The molecule has 0 radical (unpaired) electrons. The van der Waals surface area contributed by atoms with Gasteiger partial charge in [0.05, 0.1) is 5.75 Å². The minimum atomic E-state index is -0.684. The Morgan fingerprint density at radius 3 is 2.54 bits per heavy atom. The third-order valence-corrected chi connectivity index (χ3v) is 5.09. The first-order valence-electron chi connectivity index (χ1n) is 8.23. The first-order chi connectivity index (χ1) is 12.5. The number of ether oxygens (including phenoxy) is 1. The van der Waals surface area contributed by atoms with Crippen LogP contribution < -0.4 is 10.6 Å². The van der Waals surface area contributed by atoms with Crippen LogP contribution in [0.25, 0.3) is 0 Å². The van der Waals surface area contributed by atoms with Crippen molar-refractivity contribution in [1.82, 2.24) is 15.5 Å². The fraction of sp³-hybridized carbons (Fsp3) is 0.412. The number of carbonyl (C=O) groups excluding carboxylic acids is 3. The number of nitrogens with one attached hydrogen (secondary N) is 2. The number of rotatable bonds is 6. The Labute approximate surface area is 161 Å². The molecule has 1 heterocycles. The largest absolute Gasteiger partial charge is 0.455 e. The van der Waals surface area contributed by atoms with Crippen molar-refractivity contribution in [1.29, 1.82) is 0 Å². The number of amides is 3. The van der Waals surface area contributed by atoms with Gasteiger partial charge in [-0.3, -0.25) is 14.9 Å². The van der Waals surface area contributed by atoms with Crippen LogP contribution in [-0.4, -0.2) is 52.6 Å². The van der Waals surface area contributed by atoms with E-state index in [0.29, 0.717) is 10.9 Å². The molecule has 1 aromatic carbocycles. The first kappa shape index (κ1) is 20.2. The Hall–Kier alpha value is -2.13. The van der Waals surface area contributed by atoms with Crippen LogP contribution in [-0.2, 0) is 20.9 Å². The Morgan fingerprint density at radius 1 is 1.15 bits per heavy atom. The summed E-state index contributed by atoms with van der Waals surface area (Å²) in [4.78, 5) is 37.0. The van der Waals surface area contributed by atoms with E-state index in [-0.39, 0.29) is 5.75 Å². The van der Waals surface area contributed by atoms with E-state index in [1.807, 2.05) is 30.3 Å². The third-order valence-electron chi connectivity index (χ3n) is 3.59. The lowest BCUT2D eigenvalue weighted by Crippen LogP contribution is -2.41. The highest BCUT2D eigenvalue weighted by Gasteiger charge is 2.17. The number of thiocarbonyl (C=S) groups is 1. The molecule has 1 aliphatic heterocycles. The van der Waals surface area contributed by atoms with E-state index in [2.05, 4.69) is 15.5 Å². The van der Waals surface area contributed by atoms with Crippen LogP contribution in [0.1, 0.15) is 18.4 Å². The van der Waals surface area contributed by atoms with Gasteiger partial charge in [0.1, 0.15) is 4.32 Å². The highest BCUT2D eigenvalue weighted by Crippen LogP contribution is 2.16. The minimum Gasteiger partial charge on any atom is -0.455 e. The number of esters is 1. The van der Waals surface area contributed by atoms with Crippen LogP contribution in [0.4, 0.5) is 4.79 Å². The fourth-order valence-electron chi connectivity index (χ4n) is 2.28. The minimum absolute atomic E-state index is 0.0445. The predicted octanol–water partition coefficient (Wildman–Crippen LogP) is 1.67. The van der Waals surface area contributed by atoms with Crippen molar-refractivity contribution in [3.63, 3.8) is 0 Å². The maximum absolute atomic E-state index is 11.7. The summed E-state index contributed by atoms with van der Waals surface area (Å²) in [6.07, 6.45) is 2.22. The van der Waals surface area contributed by atoms with Crippen LogP contribution in [0, 0.1) is 0 Å². The molecule has 0 aromatic heterocycles. The molecule has 0 aliphatic carbocycles. The van der Waals surface area contributed by atoms with Gasteiger partial charge in [-0.15, -0.1) is 0 Å². The second-order valence-corrected chi connectivity index (χ2v) is 7.24. The summed E-state index contributed by atoms with van der Waals surface area (Å²) in [6, 6.07) is 8.65. The van der Waals surface area contributed by atoms with Gasteiger partial charge in [0.25, 0.3) is 5.91 Å². The number of imide groups is 1. The molecule has 9 heteroatoms. The predicted molar refractivity (Wildman–Crippen MR) is 104 cm³/mol. The molecular weight excluding hydrogens is 374 g/mol. The molecule has 140 valence electrons. The van der Waals surface area contributed by atoms with Crippen molar-refractivity contribution in [3.05, 3.63) is 35.9 Å². The quantitative estimate of drug-likeness (QED) is 0.560. The molecule has 0 unspecified atom stereocenters. The van der Waals surface area contributed by atoms with Crippen LogP contribution in [0.2, 0.25) is 0 Å². The first-order valence-corrected chi connectivity index (χ1v) is 9.63. The zero-order valence-corrected chi connectivity index (χ0v) is 15.9. The zero-order valence-electron chi connectivity index (χ0n) is 14.2. The van der Waals surface area contributed by atoms with Gasteiger partial charge in [0.2, 0.25) is 0 Å². The van der Waals surface area contributed by atoms with E-state index < -0.39 is 24.5 Å². The van der Waals surface area contributed by atoms with Crippen molar-refractivity contribution < 1.29 is 19.1 Å². The standard InChI is InChI=1S/C17H21N3O4S2/c21-14(19-16(23)18-10-13-6-2-1-3-7-13)11-24-15(22)12-26-17(25)20-8-4-5-9-20/h1-3,6-7H,4-5,8-12H2,(H2,18,19,21,23). The van der Waals surface area contributed by atoms with Crippen molar-refractivity contribution in [2.24, 2.45) is 0 Å². The summed E-state index contributed by atoms with van der Waals surface area (Å²) in [7, 11) is 0. The Balaban J connectivity index is 1.57. The van der Waals surface area contributed by atoms with E-state index in [9.17, 15) is 14.4 Å². The number of likely N-dealkylation sites (tertiary alicyclic amines) is 1. The third kappa shape index (κ3) is 7.40. The van der Waals surface area contributed by atoms with Crippen molar-refractivity contribution in [2.75, 3.05) is 25.4 Å². The molecular formula is C17H21N3O4S2. The van der Waals surface area contributed by atoms with Gasteiger partial charge in [-0.25, -0.2) is 4.79 Å². The number of nitrogens with zero attached hydrogens (tertiary/aromatic N) is 1. The summed E-state index contributed by atoms with van der Waals surface area (Å²) >= 11 is 6.47. The molecule has 2 rings (SSSR count). The lowest BCUT2D eigenvalue weighted by Gasteiger charge is -2.17. The van der Waals surface area contributed by atoms with E-state index in [4.69, 9.17) is 17.0 Å². The Morgan fingerprint density at radius 2 is 1.85 bits per heavy atom. The molecule has 2 N–H and O–H groups in total. The van der Waals surface area contributed by atoms with Gasteiger partial charge in [-0.05, 0) is 18.4 Å². The van der Waals surface area contributed by atoms with Crippen molar-refractivity contribution in [2.45, 2.75) is 19.4 Å². The SMILES string of the molecule is O=C(COC(=O)CSC(=S)N1CCCC1)NC(=O)NCc1ccccc1. The average molecular weight is 396 g/mol. The van der Waals surface area contributed by atoms with Crippen LogP contribution in [0.15, 0.2) is 30.3 Å². The monoisotopic (exact) mass is 395 g/mol. The second-order valence-electron chi connectivity index (χ2n) is 5.63. The maximum Gasteiger partial charge on any atom is 0.321 e. The fourth-order valence-corrected chi connectivity index (χ4v) is 3.33. The van der Waals surface area contributed by atoms with Gasteiger partial charge < -0.3 is 15.0 Å². The molecule has 0 saturated carbocycles. The number of urea groups is 1. The van der Waals surface area contributed by atoms with Gasteiger partial charge >= 0.3 is 12.0 Å². The van der Waals surface area contributed by atoms with Crippen LogP contribution in [0.5, 0.6) is 0 Å². The molecule has 0 spiro atoms. The molecule has 1 aromatic rings. The average Bonchev–Trinajstić information content (AvgIpc) is 3.18. The van der Waals surface area contributed by atoms with Gasteiger partial charge in [-0.1, -0.05) is 54.3 Å². The lowest BCUT2D eigenvalue weighted by molar-refractivity contribution is -0.145. The topological polar surface area (TPSA) is 87.7 Å². The number of thioether (sulfide) groups is 1. The summed E-state index contributed by atoms with van der Waals surface area (Å²) in [5.74, 6) is -1.18. The van der Waals surface area contributed by atoms with Crippen LogP contribution in [0.3, 0.4) is 0 Å². The molecule has 0 bridgehead atoms. The van der Waals surface area contributed by atoms with Crippen molar-refractivity contribution in [3.8, 4) is 0 Å². The molecule has 1 fully saturated rings. The van der Waals surface area contributed by atoms with E-state index in [1.165, 1.54) is 11.8 Å². The number of benzene rings is 1. The molecule has 7 nitrogen and oxygen atoms in total. The zero-order chi connectivity index (χ0) is 18.8. The normalized spacial score (nSPS) is 13.2. The lowest BCUT2D eigenvalue weighted by atomic mass is 10.2. The molecule has 26 heavy (non-hydrogen) atoms. The molecule has 0 atom stereocenters. The summed E-state index contributed by atoms with van der Waals surface area (Å²) in [5.41, 5.74) is 0.910. The highest BCUT2D eigenvalue weighted by atomic mass is 32.2. The van der Waals surface area contributed by atoms with E-state index in [1.54, 1.807) is 0 Å². The molecule has 1 aliphatic rings. The van der Waals surface area contributed by atoms with Crippen molar-refractivity contribution >= 4 is 46.2 Å². The smallest absolute Gasteiger partial charge is 0.321 e. The van der Waals surface area contributed by atoms with E-state index in [0.717, 1.165) is 31.5 Å².